The van der Waals surface area contributed by atoms with E-state index in [1.54, 1.807) is 7.11 Å². The van der Waals surface area contributed by atoms with Crippen LogP contribution in [0.2, 0.25) is 0 Å². The van der Waals surface area contributed by atoms with E-state index in [1.165, 1.54) is 25.7 Å². The van der Waals surface area contributed by atoms with Crippen LogP contribution in [0.4, 0.5) is 0 Å². The van der Waals surface area contributed by atoms with Crippen LogP contribution in [0.25, 0.3) is 0 Å². The van der Waals surface area contributed by atoms with Crippen LogP contribution >= 0.6 is 0 Å². The molecular formula is C16H32N2O2. The van der Waals surface area contributed by atoms with E-state index in [0.717, 1.165) is 51.7 Å². The van der Waals surface area contributed by atoms with Gasteiger partial charge in [-0.3, -0.25) is 4.90 Å². The van der Waals surface area contributed by atoms with Gasteiger partial charge in [-0.1, -0.05) is 0 Å². The van der Waals surface area contributed by atoms with Crippen LogP contribution in [0.1, 0.15) is 39.0 Å². The lowest BCUT2D eigenvalue weighted by molar-refractivity contribution is 0.0238. The van der Waals surface area contributed by atoms with Crippen molar-refractivity contribution in [3.63, 3.8) is 0 Å². The van der Waals surface area contributed by atoms with Crippen molar-refractivity contribution in [1.29, 1.82) is 0 Å². The highest BCUT2D eigenvalue weighted by Gasteiger charge is 2.31. The van der Waals surface area contributed by atoms with Gasteiger partial charge in [-0.15, -0.1) is 0 Å². The van der Waals surface area contributed by atoms with Gasteiger partial charge in [0.25, 0.3) is 0 Å². The molecular weight excluding hydrogens is 252 g/mol. The number of piperidine rings is 1. The second-order valence-corrected chi connectivity index (χ2v) is 6.28. The van der Waals surface area contributed by atoms with Crippen LogP contribution in [-0.4, -0.2) is 63.5 Å². The fourth-order valence-corrected chi connectivity index (χ4v) is 3.08. The Kier molecular flexibility index (Phi) is 7.28. The Bertz CT molecular complexity index is 253. The lowest BCUT2D eigenvalue weighted by atomic mass is 10.1. The Hall–Kier alpha value is -0.160. The molecule has 4 heteroatoms. The average molecular weight is 284 g/mol. The second kappa shape index (κ2) is 8.98. The molecule has 1 atom stereocenters. The fourth-order valence-electron chi connectivity index (χ4n) is 3.08. The standard InChI is InChI=1S/C16H32N2O2/c1-14(15-4-5-15)18(11-13-19-2)10-3-12-20-16-6-8-17-9-7-16/h14-17H,3-13H2,1-2H3. The molecule has 1 heterocycles. The van der Waals surface area contributed by atoms with Crippen molar-refractivity contribution in [2.75, 3.05) is 46.5 Å². The predicted octanol–water partition coefficient (Wildman–Crippen LogP) is 1.89. The molecule has 1 saturated carbocycles. The van der Waals surface area contributed by atoms with Gasteiger partial charge in [0.05, 0.1) is 12.7 Å². The number of nitrogens with zero attached hydrogens (tertiary/aromatic N) is 1. The minimum Gasteiger partial charge on any atom is -0.383 e. The van der Waals surface area contributed by atoms with Crippen LogP contribution in [0.15, 0.2) is 0 Å². The third-order valence-corrected chi connectivity index (χ3v) is 4.69. The Morgan fingerprint density at radius 3 is 2.50 bits per heavy atom. The van der Waals surface area contributed by atoms with Gasteiger partial charge in [0.15, 0.2) is 0 Å². The van der Waals surface area contributed by atoms with Crippen molar-refractivity contribution in [2.24, 2.45) is 5.92 Å². The first-order chi connectivity index (χ1) is 9.81. The number of hydrogen-bond donors (Lipinski definition) is 1. The molecule has 118 valence electrons. The molecule has 0 amide bonds. The monoisotopic (exact) mass is 284 g/mol. The first-order valence-corrected chi connectivity index (χ1v) is 8.36. The predicted molar refractivity (Wildman–Crippen MR) is 82.1 cm³/mol. The van der Waals surface area contributed by atoms with Crippen molar-refractivity contribution in [1.82, 2.24) is 10.2 Å². The van der Waals surface area contributed by atoms with Gasteiger partial charge in [0.2, 0.25) is 0 Å². The zero-order valence-electron chi connectivity index (χ0n) is 13.3. The molecule has 2 aliphatic rings. The van der Waals surface area contributed by atoms with E-state index in [4.69, 9.17) is 9.47 Å². The summed E-state index contributed by atoms with van der Waals surface area (Å²) in [6.45, 7) is 8.55. The van der Waals surface area contributed by atoms with E-state index in [0.29, 0.717) is 12.1 Å². The number of hydrogen-bond acceptors (Lipinski definition) is 4. The average Bonchev–Trinajstić information content (AvgIpc) is 3.31. The Balaban J connectivity index is 1.60. The van der Waals surface area contributed by atoms with E-state index in [9.17, 15) is 0 Å². The number of methoxy groups -OCH3 is 1. The van der Waals surface area contributed by atoms with E-state index in [-0.39, 0.29) is 0 Å². The molecule has 20 heavy (non-hydrogen) atoms. The molecule has 1 aliphatic heterocycles. The summed E-state index contributed by atoms with van der Waals surface area (Å²) >= 11 is 0. The lowest BCUT2D eigenvalue weighted by Gasteiger charge is -2.29. The molecule has 1 N–H and O–H groups in total. The summed E-state index contributed by atoms with van der Waals surface area (Å²) in [6, 6.07) is 0.712. The summed E-state index contributed by atoms with van der Waals surface area (Å²) < 4.78 is 11.2. The largest absolute Gasteiger partial charge is 0.383 e. The minimum absolute atomic E-state index is 0.490. The minimum atomic E-state index is 0.490. The summed E-state index contributed by atoms with van der Waals surface area (Å²) in [4.78, 5) is 2.59. The van der Waals surface area contributed by atoms with E-state index >= 15 is 0 Å². The van der Waals surface area contributed by atoms with E-state index < -0.39 is 0 Å². The zero-order chi connectivity index (χ0) is 14.2. The summed E-state index contributed by atoms with van der Waals surface area (Å²) in [7, 11) is 1.79. The molecule has 2 rings (SSSR count). The summed E-state index contributed by atoms with van der Waals surface area (Å²) in [5.41, 5.74) is 0. The third-order valence-electron chi connectivity index (χ3n) is 4.69. The summed E-state index contributed by atoms with van der Waals surface area (Å²) in [5, 5.41) is 3.38. The molecule has 1 aliphatic carbocycles. The van der Waals surface area contributed by atoms with Crippen LogP contribution < -0.4 is 5.32 Å². The van der Waals surface area contributed by atoms with Crippen molar-refractivity contribution < 1.29 is 9.47 Å². The molecule has 0 radical (unpaired) electrons. The fraction of sp³-hybridized carbons (Fsp3) is 1.00. The number of nitrogens with one attached hydrogen (secondary N) is 1. The highest BCUT2D eigenvalue weighted by atomic mass is 16.5. The maximum absolute atomic E-state index is 6.00. The Labute approximate surface area is 124 Å². The van der Waals surface area contributed by atoms with Crippen LogP contribution in [0.3, 0.4) is 0 Å². The molecule has 2 fully saturated rings. The van der Waals surface area contributed by atoms with Crippen molar-refractivity contribution in [3.8, 4) is 0 Å². The van der Waals surface area contributed by atoms with Gasteiger partial charge in [-0.05, 0) is 58.0 Å². The molecule has 0 bridgehead atoms. The van der Waals surface area contributed by atoms with Crippen LogP contribution in [0, 0.1) is 5.92 Å². The SMILES string of the molecule is COCCN(CCCOC1CCNCC1)C(C)C1CC1. The van der Waals surface area contributed by atoms with Gasteiger partial charge in [-0.25, -0.2) is 0 Å². The normalized spacial score (nSPS) is 22.4. The molecule has 0 spiro atoms. The summed E-state index contributed by atoms with van der Waals surface area (Å²) in [6.07, 6.45) is 6.80. The topological polar surface area (TPSA) is 33.7 Å². The van der Waals surface area contributed by atoms with Crippen LogP contribution in [0.5, 0.6) is 0 Å². The zero-order valence-corrected chi connectivity index (χ0v) is 13.3. The van der Waals surface area contributed by atoms with Gasteiger partial charge >= 0.3 is 0 Å². The highest BCUT2D eigenvalue weighted by molar-refractivity contribution is 4.85. The van der Waals surface area contributed by atoms with Gasteiger partial charge in [0, 0.05) is 32.8 Å². The van der Waals surface area contributed by atoms with Crippen LogP contribution in [-0.2, 0) is 9.47 Å². The first kappa shape index (κ1) is 16.2. The maximum Gasteiger partial charge on any atom is 0.0599 e. The van der Waals surface area contributed by atoms with Gasteiger partial charge in [-0.2, -0.15) is 0 Å². The van der Waals surface area contributed by atoms with Crippen molar-refractivity contribution in [3.05, 3.63) is 0 Å². The van der Waals surface area contributed by atoms with Gasteiger partial charge in [0.1, 0.15) is 0 Å². The maximum atomic E-state index is 6.00. The van der Waals surface area contributed by atoms with E-state index in [1.807, 2.05) is 0 Å². The molecule has 4 nitrogen and oxygen atoms in total. The third kappa shape index (κ3) is 5.68. The molecule has 0 aromatic heterocycles. The molecule has 0 aromatic carbocycles. The quantitative estimate of drug-likeness (QED) is 0.621. The molecule has 1 unspecified atom stereocenters. The second-order valence-electron chi connectivity index (χ2n) is 6.28. The Morgan fingerprint density at radius 2 is 1.85 bits per heavy atom. The molecule has 0 aromatic rings. The smallest absolute Gasteiger partial charge is 0.0599 e. The van der Waals surface area contributed by atoms with E-state index in [2.05, 4.69) is 17.1 Å². The molecule has 1 saturated heterocycles. The number of rotatable bonds is 10. The van der Waals surface area contributed by atoms with Crippen molar-refractivity contribution in [2.45, 2.75) is 51.2 Å². The van der Waals surface area contributed by atoms with Gasteiger partial charge < -0.3 is 14.8 Å². The first-order valence-electron chi connectivity index (χ1n) is 8.36. The lowest BCUT2D eigenvalue weighted by Crippen LogP contribution is -2.38. The number of ether oxygens (including phenoxy) is 2. The highest BCUT2D eigenvalue weighted by Crippen LogP contribution is 2.35. The summed E-state index contributed by atoms with van der Waals surface area (Å²) in [5.74, 6) is 0.928. The van der Waals surface area contributed by atoms with Crippen molar-refractivity contribution >= 4 is 0 Å². The Morgan fingerprint density at radius 1 is 1.10 bits per heavy atom.